The standard InChI is InChI=1S/C21H21ClN2.2ClH/c1-2-24-12-10-17-20(11-13-24)23-19-9-8-16(22)14-18(19)21(17)15-6-4-3-5-7-15;;/h3-9,14H,2,10-13H2,1H3;2*1H. The maximum atomic E-state index is 6.30. The van der Waals surface area contributed by atoms with Gasteiger partial charge < -0.3 is 4.90 Å². The topological polar surface area (TPSA) is 16.1 Å². The molecule has 0 fully saturated rings. The minimum atomic E-state index is 0. The third-order valence-electron chi connectivity index (χ3n) is 4.99. The van der Waals surface area contributed by atoms with Crippen molar-refractivity contribution in [3.05, 3.63) is 64.8 Å². The molecule has 2 aromatic carbocycles. The highest BCUT2D eigenvalue weighted by Crippen LogP contribution is 2.35. The predicted octanol–water partition coefficient (Wildman–Crippen LogP) is 5.82. The molecule has 26 heavy (non-hydrogen) atoms. The first-order valence-corrected chi connectivity index (χ1v) is 9.03. The van der Waals surface area contributed by atoms with Crippen LogP contribution in [0.3, 0.4) is 0 Å². The molecule has 1 aliphatic heterocycles. The molecule has 0 unspecified atom stereocenters. The van der Waals surface area contributed by atoms with Gasteiger partial charge in [-0.15, -0.1) is 24.8 Å². The molecule has 0 saturated heterocycles. The van der Waals surface area contributed by atoms with Crippen LogP contribution in [-0.4, -0.2) is 29.5 Å². The lowest BCUT2D eigenvalue weighted by Gasteiger charge is -2.17. The average molecular weight is 410 g/mol. The third kappa shape index (κ3) is 3.99. The summed E-state index contributed by atoms with van der Waals surface area (Å²) < 4.78 is 0. The molecule has 5 heteroatoms. The van der Waals surface area contributed by atoms with E-state index in [-0.39, 0.29) is 24.8 Å². The highest BCUT2D eigenvalue weighted by molar-refractivity contribution is 6.31. The van der Waals surface area contributed by atoms with Crippen molar-refractivity contribution in [2.24, 2.45) is 0 Å². The second-order valence-corrected chi connectivity index (χ2v) is 6.81. The van der Waals surface area contributed by atoms with Crippen LogP contribution in [0.15, 0.2) is 48.5 Å². The second kappa shape index (κ2) is 9.05. The molecule has 0 saturated carbocycles. The van der Waals surface area contributed by atoms with Gasteiger partial charge in [0, 0.05) is 35.6 Å². The summed E-state index contributed by atoms with van der Waals surface area (Å²) in [6, 6.07) is 16.7. The molecule has 1 aliphatic rings. The van der Waals surface area contributed by atoms with Crippen molar-refractivity contribution in [1.29, 1.82) is 0 Å². The number of aromatic nitrogens is 1. The van der Waals surface area contributed by atoms with Crippen LogP contribution in [0.2, 0.25) is 5.02 Å². The normalized spacial score (nSPS) is 14.1. The summed E-state index contributed by atoms with van der Waals surface area (Å²) in [5, 5.41) is 1.93. The molecule has 0 atom stereocenters. The first-order valence-electron chi connectivity index (χ1n) is 8.65. The zero-order chi connectivity index (χ0) is 16.5. The van der Waals surface area contributed by atoms with E-state index in [1.54, 1.807) is 0 Å². The van der Waals surface area contributed by atoms with Gasteiger partial charge in [-0.05, 0) is 47.9 Å². The Hall–Kier alpha value is -1.32. The van der Waals surface area contributed by atoms with Gasteiger partial charge in [-0.3, -0.25) is 4.98 Å². The number of halogens is 3. The SMILES string of the molecule is CCN1CCc2nc3ccc(Cl)cc3c(-c3ccccc3)c2CC1.Cl.Cl. The Morgan fingerprint density at radius 1 is 1.00 bits per heavy atom. The van der Waals surface area contributed by atoms with Crippen molar-refractivity contribution in [3.63, 3.8) is 0 Å². The molecule has 0 amide bonds. The van der Waals surface area contributed by atoms with Crippen LogP contribution in [0.25, 0.3) is 22.0 Å². The molecule has 0 radical (unpaired) electrons. The first kappa shape index (κ1) is 21.0. The molecule has 3 aromatic rings. The summed E-state index contributed by atoms with van der Waals surface area (Å²) in [5.41, 5.74) is 6.26. The molecule has 0 bridgehead atoms. The van der Waals surface area contributed by atoms with Crippen molar-refractivity contribution in [1.82, 2.24) is 9.88 Å². The molecule has 4 rings (SSSR count). The van der Waals surface area contributed by atoms with E-state index in [4.69, 9.17) is 16.6 Å². The van der Waals surface area contributed by atoms with E-state index in [9.17, 15) is 0 Å². The smallest absolute Gasteiger partial charge is 0.0712 e. The van der Waals surface area contributed by atoms with Crippen LogP contribution in [0.4, 0.5) is 0 Å². The van der Waals surface area contributed by atoms with Crippen molar-refractivity contribution >= 4 is 47.3 Å². The Morgan fingerprint density at radius 2 is 1.73 bits per heavy atom. The van der Waals surface area contributed by atoms with Crippen LogP contribution in [0.5, 0.6) is 0 Å². The summed E-state index contributed by atoms with van der Waals surface area (Å²) in [7, 11) is 0. The third-order valence-corrected chi connectivity index (χ3v) is 5.22. The fourth-order valence-electron chi connectivity index (χ4n) is 3.70. The van der Waals surface area contributed by atoms with Gasteiger partial charge in [-0.25, -0.2) is 0 Å². The van der Waals surface area contributed by atoms with Gasteiger partial charge in [0.1, 0.15) is 0 Å². The van der Waals surface area contributed by atoms with E-state index in [0.717, 1.165) is 48.4 Å². The van der Waals surface area contributed by atoms with E-state index in [1.807, 2.05) is 12.1 Å². The van der Waals surface area contributed by atoms with Crippen LogP contribution >= 0.6 is 36.4 Å². The number of hydrogen-bond acceptors (Lipinski definition) is 2. The van der Waals surface area contributed by atoms with Crippen molar-refractivity contribution in [2.75, 3.05) is 19.6 Å². The Kier molecular flexibility index (Phi) is 7.31. The molecular weight excluding hydrogens is 387 g/mol. The van der Waals surface area contributed by atoms with Gasteiger partial charge in [0.2, 0.25) is 0 Å². The van der Waals surface area contributed by atoms with Crippen molar-refractivity contribution in [3.8, 4) is 11.1 Å². The van der Waals surface area contributed by atoms with Gasteiger partial charge in [-0.2, -0.15) is 0 Å². The van der Waals surface area contributed by atoms with Gasteiger partial charge >= 0.3 is 0 Å². The summed E-state index contributed by atoms with van der Waals surface area (Å²) in [6.45, 7) is 5.51. The highest BCUT2D eigenvalue weighted by atomic mass is 35.5. The number of benzene rings is 2. The minimum Gasteiger partial charge on any atom is -0.303 e. The monoisotopic (exact) mass is 408 g/mol. The average Bonchev–Trinajstić information content (AvgIpc) is 2.82. The largest absolute Gasteiger partial charge is 0.303 e. The number of pyridine rings is 1. The fraction of sp³-hybridized carbons (Fsp3) is 0.286. The highest BCUT2D eigenvalue weighted by Gasteiger charge is 2.20. The zero-order valence-corrected chi connectivity index (χ0v) is 17.1. The molecule has 2 heterocycles. The Morgan fingerprint density at radius 3 is 2.46 bits per heavy atom. The van der Waals surface area contributed by atoms with Gasteiger partial charge in [0.05, 0.1) is 5.52 Å². The van der Waals surface area contributed by atoms with Crippen LogP contribution in [-0.2, 0) is 12.8 Å². The lowest BCUT2D eigenvalue weighted by molar-refractivity contribution is 0.303. The number of likely N-dealkylation sites (N-methyl/N-ethyl adjacent to an activating group) is 1. The van der Waals surface area contributed by atoms with Gasteiger partial charge in [0.15, 0.2) is 0 Å². The van der Waals surface area contributed by atoms with E-state index in [1.165, 1.54) is 22.4 Å². The van der Waals surface area contributed by atoms with Crippen LogP contribution < -0.4 is 0 Å². The summed E-state index contributed by atoms with van der Waals surface area (Å²) in [5.74, 6) is 0. The van der Waals surface area contributed by atoms with Gasteiger partial charge in [0.25, 0.3) is 0 Å². The molecule has 0 N–H and O–H groups in total. The number of fused-ring (bicyclic) bond motifs is 2. The number of rotatable bonds is 2. The number of hydrogen-bond donors (Lipinski definition) is 0. The predicted molar refractivity (Wildman–Crippen MR) is 116 cm³/mol. The molecule has 1 aromatic heterocycles. The summed E-state index contributed by atoms with van der Waals surface area (Å²) in [6.07, 6.45) is 2.06. The summed E-state index contributed by atoms with van der Waals surface area (Å²) in [4.78, 5) is 7.49. The zero-order valence-electron chi connectivity index (χ0n) is 14.7. The first-order chi connectivity index (χ1) is 11.8. The summed E-state index contributed by atoms with van der Waals surface area (Å²) >= 11 is 6.30. The quantitative estimate of drug-likeness (QED) is 0.530. The Labute approximate surface area is 172 Å². The lowest BCUT2D eigenvalue weighted by Crippen LogP contribution is -2.25. The van der Waals surface area contributed by atoms with E-state index < -0.39 is 0 Å². The second-order valence-electron chi connectivity index (χ2n) is 6.37. The number of nitrogens with zero attached hydrogens (tertiary/aromatic N) is 2. The Balaban J connectivity index is 0.00000121. The molecule has 138 valence electrons. The minimum absolute atomic E-state index is 0. The molecule has 0 spiro atoms. The lowest BCUT2D eigenvalue weighted by atomic mass is 9.92. The molecular formula is C21H23Cl3N2. The fourth-order valence-corrected chi connectivity index (χ4v) is 3.87. The van der Waals surface area contributed by atoms with Crippen molar-refractivity contribution < 1.29 is 0 Å². The maximum Gasteiger partial charge on any atom is 0.0712 e. The van der Waals surface area contributed by atoms with Crippen molar-refractivity contribution in [2.45, 2.75) is 19.8 Å². The maximum absolute atomic E-state index is 6.30. The molecule has 2 nitrogen and oxygen atoms in total. The van der Waals surface area contributed by atoms with Crippen LogP contribution in [0.1, 0.15) is 18.2 Å². The van der Waals surface area contributed by atoms with Gasteiger partial charge in [-0.1, -0.05) is 48.9 Å². The Bertz CT molecular complexity index is 881. The molecule has 0 aliphatic carbocycles. The van der Waals surface area contributed by atoms with E-state index in [0.29, 0.717) is 0 Å². The van der Waals surface area contributed by atoms with Crippen LogP contribution in [0, 0.1) is 0 Å². The van der Waals surface area contributed by atoms with E-state index in [2.05, 4.69) is 48.2 Å². The van der Waals surface area contributed by atoms with E-state index >= 15 is 0 Å².